The van der Waals surface area contributed by atoms with Gasteiger partial charge in [-0.15, -0.1) is 0 Å². The summed E-state index contributed by atoms with van der Waals surface area (Å²) >= 11 is 0. The van der Waals surface area contributed by atoms with Gasteiger partial charge >= 0.3 is 0 Å². The number of carbonyl (C=O) groups is 1. The van der Waals surface area contributed by atoms with Crippen LogP contribution in [0.5, 0.6) is 0 Å². The minimum atomic E-state index is -0.384. The number of nitrogens with one attached hydrogen (secondary N) is 1. The van der Waals surface area contributed by atoms with E-state index >= 15 is 0 Å². The Hall–Kier alpha value is -1.35. The Morgan fingerprint density at radius 3 is 2.68 bits per heavy atom. The zero-order valence-corrected chi connectivity index (χ0v) is 12.4. The predicted molar refractivity (Wildman–Crippen MR) is 79.7 cm³/mol. The minimum absolute atomic E-state index is 0.190. The Morgan fingerprint density at radius 2 is 2.00 bits per heavy atom. The molecule has 1 aliphatic rings. The zero-order valence-electron chi connectivity index (χ0n) is 12.4. The average Bonchev–Trinajstić information content (AvgIpc) is 2.57. The smallest absolute Gasteiger partial charge is 0.236 e. The van der Waals surface area contributed by atoms with Crippen molar-refractivity contribution < 1.29 is 4.79 Å². The zero-order chi connectivity index (χ0) is 14.0. The van der Waals surface area contributed by atoms with Crippen LogP contribution in [0, 0.1) is 0 Å². The van der Waals surface area contributed by atoms with Crippen molar-refractivity contribution in [3.05, 3.63) is 29.3 Å². The van der Waals surface area contributed by atoms with Gasteiger partial charge in [0.25, 0.3) is 0 Å². The third kappa shape index (κ3) is 2.52. The molecule has 1 amide bonds. The number of aryl methyl sites for hydroxylation is 1. The van der Waals surface area contributed by atoms with Crippen LogP contribution in [0.1, 0.15) is 37.8 Å². The molecular formula is C16H24N2O. The lowest BCUT2D eigenvalue weighted by atomic mass is 9.85. The molecular weight excluding hydrogens is 236 g/mol. The lowest BCUT2D eigenvalue weighted by Gasteiger charge is -2.16. The van der Waals surface area contributed by atoms with E-state index in [9.17, 15) is 4.79 Å². The molecule has 0 spiro atoms. The van der Waals surface area contributed by atoms with Crippen LogP contribution >= 0.6 is 0 Å². The normalized spacial score (nSPS) is 16.8. The Bertz CT molecular complexity index is 480. The number of hydrogen-bond donors (Lipinski definition) is 1. The molecule has 19 heavy (non-hydrogen) atoms. The van der Waals surface area contributed by atoms with Crippen molar-refractivity contribution in [1.29, 1.82) is 0 Å². The van der Waals surface area contributed by atoms with Gasteiger partial charge in [0, 0.05) is 12.7 Å². The highest BCUT2D eigenvalue weighted by molar-refractivity contribution is 6.07. The van der Waals surface area contributed by atoms with Gasteiger partial charge in [0.2, 0.25) is 5.91 Å². The van der Waals surface area contributed by atoms with Gasteiger partial charge in [0.1, 0.15) is 0 Å². The Morgan fingerprint density at radius 1 is 1.26 bits per heavy atom. The van der Waals surface area contributed by atoms with Crippen LogP contribution in [-0.2, 0) is 16.6 Å². The Balaban J connectivity index is 2.16. The number of anilines is 1. The van der Waals surface area contributed by atoms with E-state index in [0.29, 0.717) is 0 Å². The molecule has 3 nitrogen and oxygen atoms in total. The summed E-state index contributed by atoms with van der Waals surface area (Å²) in [4.78, 5) is 14.0. The van der Waals surface area contributed by atoms with Crippen LogP contribution in [0.15, 0.2) is 18.2 Å². The molecule has 1 aromatic rings. The van der Waals surface area contributed by atoms with Crippen LogP contribution in [0.2, 0.25) is 0 Å². The number of likely N-dealkylation sites (N-methyl/N-ethyl adjacent to an activating group) is 1. The van der Waals surface area contributed by atoms with Crippen LogP contribution in [0.25, 0.3) is 0 Å². The Labute approximate surface area is 116 Å². The van der Waals surface area contributed by atoms with Crippen molar-refractivity contribution in [3.8, 4) is 0 Å². The maximum Gasteiger partial charge on any atom is 0.236 e. The number of unbranched alkanes of at least 4 members (excludes halogenated alkanes) is 1. The highest BCUT2D eigenvalue weighted by Crippen LogP contribution is 2.41. The third-order valence-electron chi connectivity index (χ3n) is 4.08. The van der Waals surface area contributed by atoms with E-state index in [4.69, 9.17) is 0 Å². The summed E-state index contributed by atoms with van der Waals surface area (Å²) in [5.41, 5.74) is 3.19. The lowest BCUT2D eigenvalue weighted by Crippen LogP contribution is -2.33. The maximum absolute atomic E-state index is 12.2. The van der Waals surface area contributed by atoms with E-state index in [2.05, 4.69) is 23.5 Å². The fourth-order valence-corrected chi connectivity index (χ4v) is 2.81. The number of fused-ring (bicyclic) bond motifs is 1. The van der Waals surface area contributed by atoms with Crippen molar-refractivity contribution in [1.82, 2.24) is 5.32 Å². The highest BCUT2D eigenvalue weighted by atomic mass is 16.2. The van der Waals surface area contributed by atoms with Gasteiger partial charge in [0.05, 0.1) is 5.41 Å². The molecule has 1 heterocycles. The summed E-state index contributed by atoms with van der Waals surface area (Å²) in [6.45, 7) is 5.10. The molecule has 0 saturated carbocycles. The first kappa shape index (κ1) is 14.1. The quantitative estimate of drug-likeness (QED) is 0.825. The van der Waals surface area contributed by atoms with E-state index in [0.717, 1.165) is 18.7 Å². The number of amides is 1. The number of benzene rings is 1. The maximum atomic E-state index is 12.2. The van der Waals surface area contributed by atoms with Gasteiger partial charge in [-0.05, 0) is 63.9 Å². The second-order valence-corrected chi connectivity index (χ2v) is 5.90. The monoisotopic (exact) mass is 260 g/mol. The number of rotatable bonds is 5. The summed E-state index contributed by atoms with van der Waals surface area (Å²) in [5, 5.41) is 3.17. The van der Waals surface area contributed by atoms with Gasteiger partial charge in [-0.25, -0.2) is 0 Å². The second-order valence-electron chi connectivity index (χ2n) is 5.90. The first-order valence-electron chi connectivity index (χ1n) is 7.04. The van der Waals surface area contributed by atoms with E-state index in [1.807, 2.05) is 27.9 Å². The minimum Gasteiger partial charge on any atom is -0.320 e. The van der Waals surface area contributed by atoms with Crippen LogP contribution in [0.3, 0.4) is 0 Å². The van der Waals surface area contributed by atoms with Crippen molar-refractivity contribution in [2.75, 3.05) is 25.5 Å². The molecule has 3 heteroatoms. The summed E-state index contributed by atoms with van der Waals surface area (Å²) in [7, 11) is 3.85. The molecule has 0 saturated heterocycles. The number of nitrogens with zero attached hydrogens (tertiary/aromatic N) is 1. The van der Waals surface area contributed by atoms with Crippen molar-refractivity contribution in [2.24, 2.45) is 0 Å². The van der Waals surface area contributed by atoms with Gasteiger partial charge in [-0.2, -0.15) is 0 Å². The summed E-state index contributed by atoms with van der Waals surface area (Å²) in [5.74, 6) is 0.190. The van der Waals surface area contributed by atoms with E-state index in [1.54, 1.807) is 4.90 Å². The predicted octanol–water partition coefficient (Wildman–Crippen LogP) is 2.48. The van der Waals surface area contributed by atoms with E-state index < -0.39 is 0 Å². The highest BCUT2D eigenvalue weighted by Gasteiger charge is 2.41. The van der Waals surface area contributed by atoms with E-state index in [-0.39, 0.29) is 11.3 Å². The summed E-state index contributed by atoms with van der Waals surface area (Å²) < 4.78 is 0. The average molecular weight is 260 g/mol. The molecule has 0 aromatic heterocycles. The fourth-order valence-electron chi connectivity index (χ4n) is 2.81. The second kappa shape index (κ2) is 5.33. The van der Waals surface area contributed by atoms with Gasteiger partial charge in [-0.1, -0.05) is 12.1 Å². The molecule has 0 bridgehead atoms. The molecule has 1 aromatic carbocycles. The lowest BCUT2D eigenvalue weighted by molar-refractivity contribution is -0.121. The molecule has 1 N–H and O–H groups in total. The topological polar surface area (TPSA) is 32.3 Å². The molecule has 2 rings (SSSR count). The number of hydrogen-bond acceptors (Lipinski definition) is 2. The van der Waals surface area contributed by atoms with Crippen molar-refractivity contribution in [2.45, 2.75) is 38.5 Å². The molecule has 1 aliphatic heterocycles. The van der Waals surface area contributed by atoms with Gasteiger partial charge in [0.15, 0.2) is 0 Å². The standard InChI is InChI=1S/C16H24N2O/c1-16(2)13-11-12(7-5-6-10-17-3)8-9-14(13)18(4)15(16)19/h8-9,11,17H,5-7,10H2,1-4H3. The molecule has 0 aliphatic carbocycles. The fraction of sp³-hybridized carbons (Fsp3) is 0.562. The SMILES string of the molecule is CNCCCCc1ccc2c(c1)C(C)(C)C(=O)N2C. The third-order valence-corrected chi connectivity index (χ3v) is 4.08. The largest absolute Gasteiger partial charge is 0.320 e. The molecule has 0 atom stereocenters. The molecule has 0 fully saturated rings. The van der Waals surface area contributed by atoms with Gasteiger partial charge in [-0.3, -0.25) is 4.79 Å². The van der Waals surface area contributed by atoms with Gasteiger partial charge < -0.3 is 10.2 Å². The Kier molecular flexibility index (Phi) is 3.95. The molecule has 0 unspecified atom stereocenters. The summed E-state index contributed by atoms with van der Waals surface area (Å²) in [6.07, 6.45) is 3.46. The molecule has 104 valence electrons. The molecule has 0 radical (unpaired) electrons. The van der Waals surface area contributed by atoms with Crippen molar-refractivity contribution in [3.63, 3.8) is 0 Å². The van der Waals surface area contributed by atoms with Crippen molar-refractivity contribution >= 4 is 11.6 Å². The first-order chi connectivity index (χ1) is 8.98. The van der Waals surface area contributed by atoms with E-state index in [1.165, 1.54) is 24.0 Å². The first-order valence-corrected chi connectivity index (χ1v) is 7.04. The van der Waals surface area contributed by atoms with Crippen LogP contribution in [0.4, 0.5) is 5.69 Å². The number of carbonyl (C=O) groups excluding carboxylic acids is 1. The van der Waals surface area contributed by atoms with Crippen LogP contribution in [-0.4, -0.2) is 26.5 Å². The van der Waals surface area contributed by atoms with Crippen LogP contribution < -0.4 is 10.2 Å². The summed E-state index contributed by atoms with van der Waals surface area (Å²) in [6, 6.07) is 6.47.